The van der Waals surface area contributed by atoms with Crippen molar-refractivity contribution >= 4 is 12.6 Å². The van der Waals surface area contributed by atoms with Crippen LogP contribution in [0.4, 0.5) is 4.39 Å². The molecule has 0 unspecified atom stereocenters. The summed E-state index contributed by atoms with van der Waals surface area (Å²) in [6, 6.07) is 4.81. The van der Waals surface area contributed by atoms with E-state index in [9.17, 15) is 4.39 Å². The Morgan fingerprint density at radius 3 is 2.18 bits per heavy atom. The molecule has 1 aromatic carbocycles. The van der Waals surface area contributed by atoms with Crippen molar-refractivity contribution < 1.29 is 13.7 Å². The van der Waals surface area contributed by atoms with Crippen LogP contribution in [0.1, 0.15) is 33.3 Å². The molecule has 1 fully saturated rings. The Morgan fingerprint density at radius 2 is 1.65 bits per heavy atom. The van der Waals surface area contributed by atoms with Crippen LogP contribution >= 0.6 is 0 Å². The van der Waals surface area contributed by atoms with Crippen LogP contribution < -0.4 is 5.46 Å². The zero-order chi connectivity index (χ0) is 12.8. The van der Waals surface area contributed by atoms with Crippen molar-refractivity contribution in [1.82, 2.24) is 0 Å². The van der Waals surface area contributed by atoms with Gasteiger partial charge in [-0.1, -0.05) is 12.1 Å². The zero-order valence-electron chi connectivity index (χ0n) is 10.7. The first kappa shape index (κ1) is 12.6. The van der Waals surface area contributed by atoms with Crippen molar-refractivity contribution in [3.8, 4) is 0 Å². The van der Waals surface area contributed by atoms with Gasteiger partial charge in [-0.2, -0.15) is 0 Å². The molecule has 1 aromatic rings. The van der Waals surface area contributed by atoms with E-state index in [1.165, 1.54) is 6.07 Å². The van der Waals surface area contributed by atoms with Crippen LogP contribution in [-0.4, -0.2) is 18.3 Å². The Balaban J connectivity index is 2.36. The minimum Gasteiger partial charge on any atom is -0.399 e. The molecule has 0 spiro atoms. The molecule has 0 saturated carbocycles. The van der Waals surface area contributed by atoms with E-state index in [0.29, 0.717) is 11.0 Å². The van der Waals surface area contributed by atoms with E-state index in [1.54, 1.807) is 12.1 Å². The Labute approximate surface area is 102 Å². The fraction of sp³-hybridized carbons (Fsp3) is 0.462. The molecule has 0 atom stereocenters. The predicted molar refractivity (Wildman–Crippen MR) is 66.6 cm³/mol. The zero-order valence-corrected chi connectivity index (χ0v) is 10.7. The maximum absolute atomic E-state index is 13.4. The monoisotopic (exact) mass is 235 g/mol. The van der Waals surface area contributed by atoms with Crippen molar-refractivity contribution in [1.29, 1.82) is 0 Å². The van der Waals surface area contributed by atoms with E-state index < -0.39 is 18.3 Å². The lowest BCUT2D eigenvalue weighted by Crippen LogP contribution is -2.41. The summed E-state index contributed by atoms with van der Waals surface area (Å²) in [5, 5.41) is 0. The van der Waals surface area contributed by atoms with E-state index in [1.807, 2.05) is 27.7 Å². The smallest absolute Gasteiger partial charge is 0.399 e. The van der Waals surface area contributed by atoms with Crippen molar-refractivity contribution in [3.63, 3.8) is 0 Å². The van der Waals surface area contributed by atoms with Gasteiger partial charge in [-0.25, -0.2) is 4.39 Å². The molecule has 4 heteroatoms. The molecule has 0 aromatic heterocycles. The lowest BCUT2D eigenvalue weighted by molar-refractivity contribution is 0.00578. The minimum atomic E-state index is -0.553. The van der Waals surface area contributed by atoms with E-state index in [4.69, 9.17) is 9.31 Å². The molecule has 1 radical (unpaired) electrons. The van der Waals surface area contributed by atoms with E-state index in [0.717, 1.165) is 0 Å². The Hall–Kier alpha value is -0.865. The van der Waals surface area contributed by atoms with Crippen molar-refractivity contribution in [2.24, 2.45) is 0 Å². The van der Waals surface area contributed by atoms with Gasteiger partial charge >= 0.3 is 7.12 Å². The molecule has 2 nitrogen and oxygen atoms in total. The van der Waals surface area contributed by atoms with Gasteiger partial charge in [0.1, 0.15) is 5.82 Å². The molecule has 1 saturated heterocycles. The molecule has 0 N–H and O–H groups in total. The SMILES string of the molecule is [CH2]c1c(F)cccc1B1OC(C)(C)C(C)(C)O1. The van der Waals surface area contributed by atoms with Gasteiger partial charge in [-0.05, 0) is 51.7 Å². The lowest BCUT2D eigenvalue weighted by atomic mass is 9.76. The summed E-state index contributed by atoms with van der Waals surface area (Å²) in [6.45, 7) is 11.6. The number of hydrogen-bond acceptors (Lipinski definition) is 2. The first-order chi connectivity index (χ1) is 7.74. The summed E-state index contributed by atoms with van der Waals surface area (Å²) in [6.07, 6.45) is 0. The fourth-order valence-corrected chi connectivity index (χ4v) is 1.77. The summed E-state index contributed by atoms with van der Waals surface area (Å²) in [4.78, 5) is 0. The fourth-order valence-electron chi connectivity index (χ4n) is 1.77. The number of rotatable bonds is 1. The van der Waals surface area contributed by atoms with Gasteiger partial charge in [0.05, 0.1) is 11.2 Å². The number of hydrogen-bond donors (Lipinski definition) is 0. The average Bonchev–Trinajstić information content (AvgIpc) is 2.40. The van der Waals surface area contributed by atoms with Crippen LogP contribution in [-0.2, 0) is 9.31 Å². The van der Waals surface area contributed by atoms with Gasteiger partial charge in [0, 0.05) is 0 Å². The molecule has 1 aliphatic rings. The van der Waals surface area contributed by atoms with Crippen LogP contribution in [0.15, 0.2) is 18.2 Å². The minimum absolute atomic E-state index is 0.336. The average molecular weight is 235 g/mol. The van der Waals surface area contributed by atoms with E-state index in [-0.39, 0.29) is 5.82 Å². The van der Waals surface area contributed by atoms with Crippen LogP contribution in [0, 0.1) is 12.7 Å². The van der Waals surface area contributed by atoms with Gasteiger partial charge < -0.3 is 9.31 Å². The quantitative estimate of drug-likeness (QED) is 0.695. The first-order valence-electron chi connectivity index (χ1n) is 5.70. The standard InChI is InChI=1S/C13H17BFO2/c1-9-10(7-6-8-11(9)15)14-16-12(2,3)13(4,5)17-14/h6-8H,1H2,2-5H3. The molecular formula is C13H17BFO2. The Bertz CT molecular complexity index is 427. The molecule has 91 valence electrons. The predicted octanol–water partition coefficient (Wildman–Crippen LogP) is 2.31. The van der Waals surface area contributed by atoms with Crippen molar-refractivity contribution in [2.75, 3.05) is 0 Å². The third-order valence-corrected chi connectivity index (χ3v) is 3.66. The van der Waals surface area contributed by atoms with Gasteiger partial charge in [-0.3, -0.25) is 0 Å². The highest BCUT2D eigenvalue weighted by Gasteiger charge is 2.52. The summed E-state index contributed by atoms with van der Waals surface area (Å²) < 4.78 is 25.2. The maximum atomic E-state index is 13.4. The molecule has 1 heterocycles. The highest BCUT2D eigenvalue weighted by atomic mass is 19.1. The van der Waals surface area contributed by atoms with E-state index >= 15 is 0 Å². The normalized spacial score (nSPS) is 21.9. The number of halogens is 1. The van der Waals surface area contributed by atoms with Crippen LogP contribution in [0.5, 0.6) is 0 Å². The third-order valence-electron chi connectivity index (χ3n) is 3.66. The van der Waals surface area contributed by atoms with Crippen LogP contribution in [0.3, 0.4) is 0 Å². The molecule has 17 heavy (non-hydrogen) atoms. The summed E-state index contributed by atoms with van der Waals surface area (Å²) >= 11 is 0. The van der Waals surface area contributed by atoms with Gasteiger partial charge in [-0.15, -0.1) is 0 Å². The molecule has 0 bridgehead atoms. The summed E-state index contributed by atoms with van der Waals surface area (Å²) in [5.41, 5.74) is 0.155. The Morgan fingerprint density at radius 1 is 1.12 bits per heavy atom. The topological polar surface area (TPSA) is 18.5 Å². The first-order valence-corrected chi connectivity index (χ1v) is 5.70. The van der Waals surface area contributed by atoms with E-state index in [2.05, 4.69) is 6.92 Å². The number of benzene rings is 1. The second-order valence-corrected chi connectivity index (χ2v) is 5.40. The van der Waals surface area contributed by atoms with Gasteiger partial charge in [0.15, 0.2) is 0 Å². The van der Waals surface area contributed by atoms with Crippen molar-refractivity contribution in [2.45, 2.75) is 38.9 Å². The van der Waals surface area contributed by atoms with Gasteiger partial charge in [0.2, 0.25) is 0 Å². The maximum Gasteiger partial charge on any atom is 0.495 e. The second-order valence-electron chi connectivity index (χ2n) is 5.40. The Kier molecular flexibility index (Phi) is 2.83. The lowest BCUT2D eigenvalue weighted by Gasteiger charge is -2.32. The summed E-state index contributed by atoms with van der Waals surface area (Å²) in [7, 11) is -0.553. The van der Waals surface area contributed by atoms with Crippen LogP contribution in [0.25, 0.3) is 0 Å². The summed E-state index contributed by atoms with van der Waals surface area (Å²) in [5.74, 6) is -0.336. The molecule has 1 aliphatic heterocycles. The molecule has 0 aliphatic carbocycles. The van der Waals surface area contributed by atoms with Gasteiger partial charge in [0.25, 0.3) is 0 Å². The third kappa shape index (κ3) is 2.00. The van der Waals surface area contributed by atoms with Crippen molar-refractivity contribution in [3.05, 3.63) is 36.5 Å². The largest absolute Gasteiger partial charge is 0.495 e. The second kappa shape index (κ2) is 3.82. The van der Waals surface area contributed by atoms with Crippen LogP contribution in [0.2, 0.25) is 0 Å². The highest BCUT2D eigenvalue weighted by Crippen LogP contribution is 2.36. The molecular weight excluding hydrogens is 218 g/mol. The molecule has 2 rings (SSSR count). The highest BCUT2D eigenvalue weighted by molar-refractivity contribution is 6.62. The molecule has 0 amide bonds.